The molecule has 2 heteroatoms. The first-order valence-corrected chi connectivity index (χ1v) is 8.47. The topological polar surface area (TPSA) is 17.1 Å². The van der Waals surface area contributed by atoms with E-state index in [0.717, 1.165) is 11.1 Å². The molecular formula is C19H14OSe. The minimum absolute atomic E-state index is 0.0781. The number of hydrogen-bond acceptors (Lipinski definition) is 1. The van der Waals surface area contributed by atoms with E-state index >= 15 is 0 Å². The molecule has 0 saturated carbocycles. The van der Waals surface area contributed by atoms with E-state index < -0.39 is 0 Å². The molecule has 3 aromatic rings. The fraction of sp³-hybridized carbons (Fsp3) is 0. The number of ketones is 1. The summed E-state index contributed by atoms with van der Waals surface area (Å²) in [4.78, 5) is 12.3. The molecule has 0 atom stereocenters. The summed E-state index contributed by atoms with van der Waals surface area (Å²) in [7, 11) is 0. The van der Waals surface area contributed by atoms with Gasteiger partial charge >= 0.3 is 131 Å². The molecule has 0 aliphatic carbocycles. The molecule has 21 heavy (non-hydrogen) atoms. The monoisotopic (exact) mass is 338 g/mol. The molecule has 0 heterocycles. The second-order valence-corrected chi connectivity index (χ2v) is 7.04. The van der Waals surface area contributed by atoms with Gasteiger partial charge in [-0.05, 0) is 0 Å². The van der Waals surface area contributed by atoms with Crippen LogP contribution in [0.1, 0.15) is 15.9 Å². The van der Waals surface area contributed by atoms with Crippen LogP contribution in [0.5, 0.6) is 0 Å². The molecule has 0 unspecified atom stereocenters. The van der Waals surface area contributed by atoms with E-state index in [2.05, 4.69) is 36.4 Å². The van der Waals surface area contributed by atoms with Crippen LogP contribution in [0, 0.1) is 0 Å². The molecule has 0 spiro atoms. The second-order valence-electron chi connectivity index (χ2n) is 4.63. The Morgan fingerprint density at radius 3 is 1.67 bits per heavy atom. The van der Waals surface area contributed by atoms with Gasteiger partial charge in [0.05, 0.1) is 0 Å². The van der Waals surface area contributed by atoms with E-state index in [1.54, 1.807) is 0 Å². The van der Waals surface area contributed by atoms with Crippen LogP contribution in [0.4, 0.5) is 0 Å². The van der Waals surface area contributed by atoms with Crippen LogP contribution >= 0.6 is 0 Å². The first-order valence-electron chi connectivity index (χ1n) is 6.76. The summed E-state index contributed by atoms with van der Waals surface area (Å²) in [6, 6.07) is 27.8. The third-order valence-electron chi connectivity index (χ3n) is 3.13. The standard InChI is InChI=1S/C19H14OSe/c20-19(15-7-3-1-4-8-15)16-11-13-18(14-12-16)21-17-9-5-2-6-10-17/h1-14H. The van der Waals surface area contributed by atoms with E-state index in [-0.39, 0.29) is 20.7 Å². The predicted octanol–water partition coefficient (Wildman–Crippen LogP) is 2.57. The molecule has 0 amide bonds. The zero-order chi connectivity index (χ0) is 14.5. The number of benzene rings is 3. The fourth-order valence-corrected chi connectivity index (χ4v) is 3.81. The number of rotatable bonds is 4. The maximum atomic E-state index is 12.3. The van der Waals surface area contributed by atoms with Crippen LogP contribution in [0.25, 0.3) is 0 Å². The summed E-state index contributed by atoms with van der Waals surface area (Å²) in [6.07, 6.45) is 0. The SMILES string of the molecule is O=C(c1ccccc1)c1ccc([Se]c2ccccc2)cc1. The fourth-order valence-electron chi connectivity index (χ4n) is 2.06. The van der Waals surface area contributed by atoms with E-state index in [1.807, 2.05) is 48.5 Å². The van der Waals surface area contributed by atoms with Gasteiger partial charge in [-0.3, -0.25) is 0 Å². The zero-order valence-corrected chi connectivity index (χ0v) is 13.1. The van der Waals surface area contributed by atoms with Crippen molar-refractivity contribution < 1.29 is 4.79 Å². The van der Waals surface area contributed by atoms with Crippen LogP contribution in [0.3, 0.4) is 0 Å². The summed E-state index contributed by atoms with van der Waals surface area (Å²) in [5.41, 5.74) is 1.48. The molecule has 3 aromatic carbocycles. The number of hydrogen-bond donors (Lipinski definition) is 0. The van der Waals surface area contributed by atoms with Crippen molar-refractivity contribution in [2.75, 3.05) is 0 Å². The molecule has 102 valence electrons. The third kappa shape index (κ3) is 3.49. The summed E-state index contributed by atoms with van der Waals surface area (Å²) >= 11 is 0.287. The Labute approximate surface area is 130 Å². The van der Waals surface area contributed by atoms with Crippen molar-refractivity contribution in [1.82, 2.24) is 0 Å². The third-order valence-corrected chi connectivity index (χ3v) is 5.26. The summed E-state index contributed by atoms with van der Waals surface area (Å²) < 4.78 is 2.62. The van der Waals surface area contributed by atoms with Gasteiger partial charge in [-0.15, -0.1) is 0 Å². The van der Waals surface area contributed by atoms with Crippen LogP contribution in [0.15, 0.2) is 84.9 Å². The van der Waals surface area contributed by atoms with E-state index in [1.165, 1.54) is 8.92 Å². The van der Waals surface area contributed by atoms with Gasteiger partial charge in [0, 0.05) is 0 Å². The van der Waals surface area contributed by atoms with Crippen molar-refractivity contribution in [3.05, 3.63) is 96.1 Å². The summed E-state index contributed by atoms with van der Waals surface area (Å²) in [5.74, 6) is 0.0781. The van der Waals surface area contributed by atoms with Crippen molar-refractivity contribution in [3.63, 3.8) is 0 Å². The molecular weight excluding hydrogens is 323 g/mol. The molecule has 0 radical (unpaired) electrons. The molecule has 0 fully saturated rings. The number of carbonyl (C=O) groups is 1. The Morgan fingerprint density at radius 2 is 1.05 bits per heavy atom. The first-order chi connectivity index (χ1) is 10.3. The van der Waals surface area contributed by atoms with Gasteiger partial charge in [-0.2, -0.15) is 0 Å². The Hall–Kier alpha value is -2.15. The van der Waals surface area contributed by atoms with Crippen LogP contribution < -0.4 is 8.92 Å². The number of carbonyl (C=O) groups excluding carboxylic acids is 1. The van der Waals surface area contributed by atoms with Gasteiger partial charge < -0.3 is 0 Å². The van der Waals surface area contributed by atoms with Gasteiger partial charge in [0.15, 0.2) is 0 Å². The Bertz CT molecular complexity index is 719. The van der Waals surface area contributed by atoms with Crippen LogP contribution in [-0.2, 0) is 0 Å². The molecule has 0 bridgehead atoms. The van der Waals surface area contributed by atoms with Gasteiger partial charge in [0.25, 0.3) is 0 Å². The molecule has 0 aliphatic rings. The Morgan fingerprint density at radius 1 is 0.571 bits per heavy atom. The Kier molecular flexibility index (Phi) is 4.30. The molecule has 0 N–H and O–H groups in total. The summed E-state index contributed by atoms with van der Waals surface area (Å²) in [6.45, 7) is 0. The van der Waals surface area contributed by atoms with Crippen molar-refractivity contribution in [1.29, 1.82) is 0 Å². The van der Waals surface area contributed by atoms with E-state index in [9.17, 15) is 4.79 Å². The molecule has 3 rings (SSSR count). The Balaban J connectivity index is 1.77. The van der Waals surface area contributed by atoms with Gasteiger partial charge in [-0.25, -0.2) is 0 Å². The molecule has 0 aliphatic heterocycles. The van der Waals surface area contributed by atoms with Crippen LogP contribution in [-0.4, -0.2) is 20.7 Å². The van der Waals surface area contributed by atoms with Crippen molar-refractivity contribution in [3.8, 4) is 0 Å². The predicted molar refractivity (Wildman–Crippen MR) is 87.8 cm³/mol. The van der Waals surface area contributed by atoms with Gasteiger partial charge in [0.2, 0.25) is 0 Å². The van der Waals surface area contributed by atoms with Gasteiger partial charge in [-0.1, -0.05) is 0 Å². The quantitative estimate of drug-likeness (QED) is 0.528. The van der Waals surface area contributed by atoms with Crippen LogP contribution in [0.2, 0.25) is 0 Å². The average Bonchev–Trinajstić information content (AvgIpc) is 2.57. The maximum absolute atomic E-state index is 12.3. The average molecular weight is 337 g/mol. The minimum atomic E-state index is 0.0781. The normalized spacial score (nSPS) is 10.3. The molecule has 0 aromatic heterocycles. The zero-order valence-electron chi connectivity index (χ0n) is 11.4. The van der Waals surface area contributed by atoms with E-state index in [4.69, 9.17) is 0 Å². The van der Waals surface area contributed by atoms with E-state index in [0.29, 0.717) is 0 Å². The first kappa shape index (κ1) is 13.8. The van der Waals surface area contributed by atoms with Gasteiger partial charge in [0.1, 0.15) is 0 Å². The van der Waals surface area contributed by atoms with Crippen molar-refractivity contribution >= 4 is 29.7 Å². The molecule has 1 nitrogen and oxygen atoms in total. The molecule has 0 saturated heterocycles. The summed E-state index contributed by atoms with van der Waals surface area (Å²) in [5, 5.41) is 0. The second kappa shape index (κ2) is 6.53. The van der Waals surface area contributed by atoms with Crippen molar-refractivity contribution in [2.24, 2.45) is 0 Å². The van der Waals surface area contributed by atoms with Crippen molar-refractivity contribution in [2.45, 2.75) is 0 Å².